The van der Waals surface area contributed by atoms with Gasteiger partial charge in [-0.25, -0.2) is 0 Å². The molecule has 2 rings (SSSR count). The van der Waals surface area contributed by atoms with Crippen LogP contribution in [0.5, 0.6) is 0 Å². The Kier molecular flexibility index (Phi) is 2.71. The fourth-order valence-corrected chi connectivity index (χ4v) is 1.42. The van der Waals surface area contributed by atoms with Crippen LogP contribution in [0.25, 0.3) is 11.3 Å². The second kappa shape index (κ2) is 4.16. The van der Waals surface area contributed by atoms with Gasteiger partial charge in [-0.2, -0.15) is 0 Å². The monoisotopic (exact) mass is 213 g/mol. The number of hydrogen-bond donors (Lipinski definition) is 0. The maximum absolute atomic E-state index is 5.80. The molecule has 0 N–H and O–H groups in total. The number of halogens is 1. The highest BCUT2D eigenvalue weighted by molar-refractivity contribution is 6.30. The maximum Gasteiger partial charge on any atom is 0.0714 e. The summed E-state index contributed by atoms with van der Waals surface area (Å²) in [5, 5.41) is 0.715. The van der Waals surface area contributed by atoms with E-state index in [2.05, 4.69) is 10.9 Å². The average Bonchev–Trinajstić information content (AvgIpc) is 2.30. The van der Waals surface area contributed by atoms with Crippen molar-refractivity contribution in [2.45, 2.75) is 0 Å². The van der Waals surface area contributed by atoms with Crippen LogP contribution in [0.4, 0.5) is 0 Å². The summed E-state index contributed by atoms with van der Waals surface area (Å²) in [7, 11) is 0. The highest BCUT2D eigenvalue weighted by Gasteiger charge is 1.99. The van der Waals surface area contributed by atoms with Gasteiger partial charge in [-0.05, 0) is 24.3 Å². The Morgan fingerprint density at radius 2 is 1.87 bits per heavy atom. The lowest BCUT2D eigenvalue weighted by Crippen LogP contribution is -1.84. The van der Waals surface area contributed by atoms with Crippen molar-refractivity contribution in [2.75, 3.05) is 0 Å². The normalized spacial score (nSPS) is 9.60. The van der Waals surface area contributed by atoms with Crippen molar-refractivity contribution >= 4 is 11.6 Å². The Bertz CT molecular complexity index is 509. The van der Waals surface area contributed by atoms with Crippen molar-refractivity contribution in [3.05, 3.63) is 53.2 Å². The maximum atomic E-state index is 5.80. The molecule has 0 radical (unpaired) electrons. The van der Waals surface area contributed by atoms with E-state index in [-0.39, 0.29) is 0 Å². The van der Waals surface area contributed by atoms with Crippen LogP contribution in [-0.2, 0) is 0 Å². The highest BCUT2D eigenvalue weighted by atomic mass is 35.5. The van der Waals surface area contributed by atoms with E-state index in [1.54, 1.807) is 12.3 Å². The van der Waals surface area contributed by atoms with Gasteiger partial charge in [0.25, 0.3) is 0 Å². The van der Waals surface area contributed by atoms with Crippen molar-refractivity contribution in [1.29, 1.82) is 0 Å². The molecule has 0 spiro atoms. The second-order valence-corrected chi connectivity index (χ2v) is 3.52. The molecule has 0 amide bonds. The predicted octanol–water partition coefficient (Wildman–Crippen LogP) is 3.38. The smallest absolute Gasteiger partial charge is 0.0714 e. The van der Waals surface area contributed by atoms with Gasteiger partial charge in [-0.1, -0.05) is 29.7 Å². The van der Waals surface area contributed by atoms with Gasteiger partial charge < -0.3 is 0 Å². The zero-order chi connectivity index (χ0) is 10.7. The first-order chi connectivity index (χ1) is 7.29. The standard InChI is InChI=1S/C13H8ClN/c1-2-10-7-8-15-13(9-10)11-3-5-12(14)6-4-11/h1,3-9H. The molecule has 0 unspecified atom stereocenters. The van der Waals surface area contributed by atoms with Gasteiger partial charge >= 0.3 is 0 Å². The van der Waals surface area contributed by atoms with E-state index in [0.717, 1.165) is 16.8 Å². The summed E-state index contributed by atoms with van der Waals surface area (Å²) in [6.07, 6.45) is 7.03. The van der Waals surface area contributed by atoms with Crippen LogP contribution >= 0.6 is 11.6 Å². The summed E-state index contributed by atoms with van der Waals surface area (Å²) >= 11 is 5.80. The van der Waals surface area contributed by atoms with Crippen molar-refractivity contribution in [2.24, 2.45) is 0 Å². The van der Waals surface area contributed by atoms with Crippen LogP contribution in [0.1, 0.15) is 5.56 Å². The summed E-state index contributed by atoms with van der Waals surface area (Å²) in [5.41, 5.74) is 2.70. The van der Waals surface area contributed by atoms with Crippen LogP contribution in [0, 0.1) is 12.3 Å². The summed E-state index contributed by atoms with van der Waals surface area (Å²) in [6.45, 7) is 0. The molecule has 15 heavy (non-hydrogen) atoms. The van der Waals surface area contributed by atoms with E-state index in [9.17, 15) is 0 Å². The fraction of sp³-hybridized carbons (Fsp3) is 0. The number of nitrogens with zero attached hydrogens (tertiary/aromatic N) is 1. The second-order valence-electron chi connectivity index (χ2n) is 3.08. The molecule has 1 nitrogen and oxygen atoms in total. The first kappa shape index (κ1) is 9.76. The molecular formula is C13H8ClN. The third kappa shape index (κ3) is 2.18. The highest BCUT2D eigenvalue weighted by Crippen LogP contribution is 2.19. The van der Waals surface area contributed by atoms with Crippen LogP contribution in [0.15, 0.2) is 42.6 Å². The van der Waals surface area contributed by atoms with E-state index < -0.39 is 0 Å². The zero-order valence-electron chi connectivity index (χ0n) is 7.94. The Balaban J connectivity index is 2.46. The van der Waals surface area contributed by atoms with Crippen LogP contribution in [0.2, 0.25) is 5.02 Å². The molecule has 0 bridgehead atoms. The van der Waals surface area contributed by atoms with Gasteiger partial charge in [-0.15, -0.1) is 6.42 Å². The topological polar surface area (TPSA) is 12.9 Å². The number of pyridine rings is 1. The molecule has 0 aliphatic carbocycles. The zero-order valence-corrected chi connectivity index (χ0v) is 8.70. The van der Waals surface area contributed by atoms with Gasteiger partial charge in [0.15, 0.2) is 0 Å². The van der Waals surface area contributed by atoms with Gasteiger partial charge in [0.05, 0.1) is 5.69 Å². The van der Waals surface area contributed by atoms with Crippen molar-refractivity contribution in [3.63, 3.8) is 0 Å². The van der Waals surface area contributed by atoms with E-state index >= 15 is 0 Å². The summed E-state index contributed by atoms with van der Waals surface area (Å²) in [5.74, 6) is 2.58. The number of terminal acetylenes is 1. The molecule has 0 saturated carbocycles. The van der Waals surface area contributed by atoms with Gasteiger partial charge in [-0.3, -0.25) is 4.98 Å². The molecule has 2 heteroatoms. The van der Waals surface area contributed by atoms with Crippen LogP contribution in [-0.4, -0.2) is 4.98 Å². The third-order valence-electron chi connectivity index (χ3n) is 2.07. The summed E-state index contributed by atoms with van der Waals surface area (Å²) in [4.78, 5) is 4.25. The van der Waals surface area contributed by atoms with Crippen LogP contribution < -0.4 is 0 Å². The lowest BCUT2D eigenvalue weighted by atomic mass is 10.1. The van der Waals surface area contributed by atoms with E-state index in [0.29, 0.717) is 5.02 Å². The molecule has 0 aliphatic rings. The minimum Gasteiger partial charge on any atom is -0.256 e. The summed E-state index contributed by atoms with van der Waals surface area (Å²) < 4.78 is 0. The fourth-order valence-electron chi connectivity index (χ4n) is 1.30. The van der Waals surface area contributed by atoms with Gasteiger partial charge in [0, 0.05) is 22.3 Å². The average molecular weight is 214 g/mol. The molecule has 0 saturated heterocycles. The Labute approximate surface area is 93.7 Å². The first-order valence-corrected chi connectivity index (χ1v) is 4.86. The Hall–Kier alpha value is -1.78. The van der Waals surface area contributed by atoms with Crippen molar-refractivity contribution in [3.8, 4) is 23.6 Å². The van der Waals surface area contributed by atoms with E-state index in [4.69, 9.17) is 18.0 Å². The molecule has 1 heterocycles. The summed E-state index contributed by atoms with van der Waals surface area (Å²) in [6, 6.07) is 11.2. The molecule has 2 aromatic rings. The number of rotatable bonds is 1. The minimum atomic E-state index is 0.715. The molecule has 1 aromatic heterocycles. The van der Waals surface area contributed by atoms with E-state index in [1.165, 1.54) is 0 Å². The largest absolute Gasteiger partial charge is 0.256 e. The molecule has 0 aliphatic heterocycles. The van der Waals surface area contributed by atoms with Crippen molar-refractivity contribution in [1.82, 2.24) is 4.98 Å². The van der Waals surface area contributed by atoms with E-state index in [1.807, 2.05) is 30.3 Å². The molecule has 0 atom stereocenters. The first-order valence-electron chi connectivity index (χ1n) is 4.48. The lowest BCUT2D eigenvalue weighted by molar-refractivity contribution is 1.32. The Morgan fingerprint density at radius 3 is 2.53 bits per heavy atom. The Morgan fingerprint density at radius 1 is 1.13 bits per heavy atom. The molecular weight excluding hydrogens is 206 g/mol. The van der Waals surface area contributed by atoms with Gasteiger partial charge in [0.1, 0.15) is 0 Å². The number of aromatic nitrogens is 1. The number of benzene rings is 1. The van der Waals surface area contributed by atoms with Crippen LogP contribution in [0.3, 0.4) is 0 Å². The molecule has 0 fully saturated rings. The quantitative estimate of drug-likeness (QED) is 0.662. The van der Waals surface area contributed by atoms with Crippen molar-refractivity contribution < 1.29 is 0 Å². The lowest BCUT2D eigenvalue weighted by Gasteiger charge is -2.01. The minimum absolute atomic E-state index is 0.715. The number of hydrogen-bond acceptors (Lipinski definition) is 1. The molecule has 1 aromatic carbocycles. The van der Waals surface area contributed by atoms with Gasteiger partial charge in [0.2, 0.25) is 0 Å². The third-order valence-corrected chi connectivity index (χ3v) is 2.32. The predicted molar refractivity (Wildman–Crippen MR) is 62.6 cm³/mol. The molecule has 72 valence electrons. The SMILES string of the molecule is C#Cc1ccnc(-c2ccc(Cl)cc2)c1.